The van der Waals surface area contributed by atoms with Crippen LogP contribution in [0, 0.1) is 0 Å². The van der Waals surface area contributed by atoms with E-state index in [9.17, 15) is 13.2 Å². The fraction of sp³-hybridized carbons (Fsp3) is 0.300. The van der Waals surface area contributed by atoms with Gasteiger partial charge in [-0.1, -0.05) is 18.2 Å². The first-order valence-electron chi connectivity index (χ1n) is 4.75. The van der Waals surface area contributed by atoms with Crippen molar-refractivity contribution in [2.24, 2.45) is 10.8 Å². The first-order valence-corrected chi connectivity index (χ1v) is 4.75. The first-order chi connectivity index (χ1) is 8.01. The van der Waals surface area contributed by atoms with Crippen molar-refractivity contribution in [3.63, 3.8) is 0 Å². The van der Waals surface area contributed by atoms with Crippen LogP contribution in [0.1, 0.15) is 0 Å². The molecule has 0 heterocycles. The van der Waals surface area contributed by atoms with Gasteiger partial charge in [0, 0.05) is 0 Å². The van der Waals surface area contributed by atoms with Crippen molar-refractivity contribution in [1.29, 1.82) is 0 Å². The maximum Gasteiger partial charge on any atom is 0.411 e. The molecule has 0 aliphatic rings. The Morgan fingerprint density at radius 2 is 1.94 bits per heavy atom. The van der Waals surface area contributed by atoms with Crippen LogP contribution in [-0.4, -0.2) is 25.2 Å². The highest BCUT2D eigenvalue weighted by Gasteiger charge is 2.27. The lowest BCUT2D eigenvalue weighted by Gasteiger charge is -2.09. The standard InChI is InChI=1S/C10H12F3N3O/c11-10(12,13)7-17-6-9(16-14)15-8-4-2-1-3-5-8/h1-5H,6-7,14H2,(H,15,16). The van der Waals surface area contributed by atoms with Crippen molar-refractivity contribution >= 4 is 11.5 Å². The average molecular weight is 247 g/mol. The highest BCUT2D eigenvalue weighted by atomic mass is 19.4. The molecule has 4 nitrogen and oxygen atoms in total. The Bertz CT molecular complexity index is 365. The molecule has 0 saturated heterocycles. The molecule has 0 aliphatic heterocycles. The predicted molar refractivity (Wildman–Crippen MR) is 57.7 cm³/mol. The summed E-state index contributed by atoms with van der Waals surface area (Å²) in [5.74, 6) is 5.25. The number of nitrogens with one attached hydrogen (secondary N) is 1. The molecule has 1 aromatic rings. The molecule has 0 unspecified atom stereocenters. The number of hydrogen-bond acceptors (Lipinski definition) is 3. The smallest absolute Gasteiger partial charge is 0.364 e. The Balaban J connectivity index is 2.52. The van der Waals surface area contributed by atoms with Crippen LogP contribution in [0.3, 0.4) is 0 Å². The monoisotopic (exact) mass is 247 g/mol. The van der Waals surface area contributed by atoms with Crippen LogP contribution in [0.25, 0.3) is 0 Å². The van der Waals surface area contributed by atoms with Crippen LogP contribution in [0.4, 0.5) is 18.9 Å². The minimum absolute atomic E-state index is 0.125. The van der Waals surface area contributed by atoms with Gasteiger partial charge in [0.05, 0.1) is 5.69 Å². The summed E-state index contributed by atoms with van der Waals surface area (Å²) in [5.41, 5.74) is 2.77. The molecule has 1 rings (SSSR count). The molecule has 0 radical (unpaired) electrons. The summed E-state index contributed by atoms with van der Waals surface area (Å²) in [7, 11) is 0. The van der Waals surface area contributed by atoms with Gasteiger partial charge in [0.1, 0.15) is 19.0 Å². The number of alkyl halides is 3. The average Bonchev–Trinajstić information content (AvgIpc) is 2.27. The van der Waals surface area contributed by atoms with E-state index in [1.54, 1.807) is 30.3 Å². The number of hydrazine groups is 1. The van der Waals surface area contributed by atoms with Gasteiger partial charge in [-0.3, -0.25) is 0 Å². The van der Waals surface area contributed by atoms with Gasteiger partial charge in [-0.2, -0.15) is 13.2 Å². The molecule has 0 atom stereocenters. The Kier molecular flexibility index (Phi) is 4.92. The zero-order valence-electron chi connectivity index (χ0n) is 8.87. The van der Waals surface area contributed by atoms with E-state index in [1.165, 1.54) is 0 Å². The summed E-state index contributed by atoms with van der Waals surface area (Å²) >= 11 is 0. The molecule has 0 bridgehead atoms. The Labute approximate surface area is 96.3 Å². The predicted octanol–water partition coefficient (Wildman–Crippen LogP) is 1.76. The Hall–Kier alpha value is -1.60. The second-order valence-corrected chi connectivity index (χ2v) is 3.15. The van der Waals surface area contributed by atoms with Crippen molar-refractivity contribution in [1.82, 2.24) is 5.43 Å². The molecule has 0 spiro atoms. The van der Waals surface area contributed by atoms with Gasteiger partial charge in [0.15, 0.2) is 0 Å². The molecule has 0 saturated carbocycles. The highest BCUT2D eigenvalue weighted by Crippen LogP contribution is 2.14. The summed E-state index contributed by atoms with van der Waals surface area (Å²) in [6.07, 6.45) is -4.35. The third-order valence-electron chi connectivity index (χ3n) is 1.69. The summed E-state index contributed by atoms with van der Waals surface area (Å²) in [5, 5.41) is 0. The molecule has 17 heavy (non-hydrogen) atoms. The SMILES string of the molecule is NNC(COCC(F)(F)F)=Nc1ccccc1. The zero-order chi connectivity index (χ0) is 12.7. The quantitative estimate of drug-likeness (QED) is 0.369. The molecule has 0 amide bonds. The van der Waals surface area contributed by atoms with E-state index in [-0.39, 0.29) is 12.4 Å². The number of aliphatic imine (C=N–C) groups is 1. The third kappa shape index (κ3) is 5.88. The molecule has 1 aromatic carbocycles. The van der Waals surface area contributed by atoms with E-state index >= 15 is 0 Å². The van der Waals surface area contributed by atoms with Gasteiger partial charge in [-0.15, -0.1) is 0 Å². The van der Waals surface area contributed by atoms with Gasteiger partial charge in [0.25, 0.3) is 0 Å². The summed E-state index contributed by atoms with van der Waals surface area (Å²) in [6, 6.07) is 8.70. The summed E-state index contributed by atoms with van der Waals surface area (Å²) in [6.45, 7) is -1.66. The molecular formula is C10H12F3N3O. The van der Waals surface area contributed by atoms with E-state index in [0.717, 1.165) is 0 Å². The number of nitrogens with two attached hydrogens (primary N) is 1. The van der Waals surface area contributed by atoms with E-state index < -0.39 is 12.8 Å². The molecule has 3 N–H and O–H groups in total. The number of benzene rings is 1. The van der Waals surface area contributed by atoms with Gasteiger partial charge in [0.2, 0.25) is 0 Å². The lowest BCUT2D eigenvalue weighted by molar-refractivity contribution is -0.170. The number of ether oxygens (including phenoxy) is 1. The van der Waals surface area contributed by atoms with E-state index in [4.69, 9.17) is 5.84 Å². The largest absolute Gasteiger partial charge is 0.411 e. The second-order valence-electron chi connectivity index (χ2n) is 3.15. The van der Waals surface area contributed by atoms with Gasteiger partial charge in [-0.05, 0) is 12.1 Å². The zero-order valence-corrected chi connectivity index (χ0v) is 8.87. The molecular weight excluding hydrogens is 235 g/mol. The van der Waals surface area contributed by atoms with Crippen molar-refractivity contribution in [2.45, 2.75) is 6.18 Å². The number of hydrogen-bond donors (Lipinski definition) is 2. The lowest BCUT2D eigenvalue weighted by atomic mass is 10.3. The van der Waals surface area contributed by atoms with Crippen LogP contribution < -0.4 is 11.3 Å². The second kappa shape index (κ2) is 6.21. The maximum atomic E-state index is 11.8. The highest BCUT2D eigenvalue weighted by molar-refractivity contribution is 5.85. The number of para-hydroxylation sites is 1. The molecule has 0 fully saturated rings. The van der Waals surface area contributed by atoms with E-state index in [2.05, 4.69) is 15.2 Å². The minimum Gasteiger partial charge on any atom is -0.364 e. The molecule has 0 aromatic heterocycles. The summed E-state index contributed by atoms with van der Waals surface area (Å²) in [4.78, 5) is 3.98. The van der Waals surface area contributed by atoms with Crippen molar-refractivity contribution in [2.75, 3.05) is 13.2 Å². The van der Waals surface area contributed by atoms with Crippen molar-refractivity contribution in [3.8, 4) is 0 Å². The number of nitrogens with zero attached hydrogens (tertiary/aromatic N) is 1. The molecule has 94 valence electrons. The van der Waals surface area contributed by atoms with E-state index in [1.807, 2.05) is 0 Å². The number of halogens is 3. The fourth-order valence-corrected chi connectivity index (χ4v) is 1.03. The van der Waals surface area contributed by atoms with Gasteiger partial charge < -0.3 is 10.2 Å². The normalized spacial score (nSPS) is 12.6. The number of rotatable bonds is 4. The van der Waals surface area contributed by atoms with Crippen LogP contribution in [-0.2, 0) is 4.74 Å². The summed E-state index contributed by atoms with van der Waals surface area (Å²) < 4.78 is 39.9. The molecule has 7 heteroatoms. The van der Waals surface area contributed by atoms with Crippen LogP contribution >= 0.6 is 0 Å². The van der Waals surface area contributed by atoms with Gasteiger partial charge >= 0.3 is 6.18 Å². The van der Waals surface area contributed by atoms with Crippen molar-refractivity contribution in [3.05, 3.63) is 30.3 Å². The first kappa shape index (κ1) is 13.5. The van der Waals surface area contributed by atoms with Crippen LogP contribution in [0.5, 0.6) is 0 Å². The van der Waals surface area contributed by atoms with Gasteiger partial charge in [-0.25, -0.2) is 10.8 Å². The minimum atomic E-state index is -4.35. The van der Waals surface area contributed by atoms with E-state index in [0.29, 0.717) is 5.69 Å². The Morgan fingerprint density at radius 3 is 2.47 bits per heavy atom. The third-order valence-corrected chi connectivity index (χ3v) is 1.69. The van der Waals surface area contributed by atoms with Crippen molar-refractivity contribution < 1.29 is 17.9 Å². The van der Waals surface area contributed by atoms with Crippen LogP contribution in [0.15, 0.2) is 35.3 Å². The lowest BCUT2D eigenvalue weighted by Crippen LogP contribution is -2.34. The topological polar surface area (TPSA) is 59.6 Å². The maximum absolute atomic E-state index is 11.8. The van der Waals surface area contributed by atoms with Crippen LogP contribution in [0.2, 0.25) is 0 Å². The molecule has 0 aliphatic carbocycles. The Morgan fingerprint density at radius 1 is 1.29 bits per heavy atom. The number of amidine groups is 1. The fourth-order valence-electron chi connectivity index (χ4n) is 1.03.